The van der Waals surface area contributed by atoms with Gasteiger partial charge in [-0.2, -0.15) is 0 Å². The van der Waals surface area contributed by atoms with Crippen LogP contribution in [0, 0.1) is 0 Å². The molecule has 1 unspecified atom stereocenters. The minimum atomic E-state index is -0.211. The maximum absolute atomic E-state index is 12.2. The molecule has 0 saturated carbocycles. The van der Waals surface area contributed by atoms with Gasteiger partial charge >= 0.3 is 0 Å². The molecule has 0 spiro atoms. The number of ketones is 1. The van der Waals surface area contributed by atoms with Crippen molar-refractivity contribution in [1.82, 2.24) is 4.98 Å². The zero-order valence-electron chi connectivity index (χ0n) is 9.43. The van der Waals surface area contributed by atoms with E-state index in [9.17, 15) is 4.79 Å². The summed E-state index contributed by atoms with van der Waals surface area (Å²) >= 11 is 3.35. The number of hydrogen-bond donors (Lipinski definition) is 0. The molecule has 17 heavy (non-hydrogen) atoms. The van der Waals surface area contributed by atoms with E-state index < -0.39 is 0 Å². The first-order valence-corrected chi connectivity index (χ1v) is 6.18. The fraction of sp³-hybridized carbons (Fsp3) is 0.143. The summed E-state index contributed by atoms with van der Waals surface area (Å²) in [5.74, 6) is -0.117. The van der Waals surface area contributed by atoms with Crippen LogP contribution in [0.25, 0.3) is 0 Å². The largest absolute Gasteiger partial charge is 0.293 e. The summed E-state index contributed by atoms with van der Waals surface area (Å²) in [5, 5.41) is 0. The topological polar surface area (TPSA) is 30.0 Å². The highest BCUT2D eigenvalue weighted by molar-refractivity contribution is 9.10. The third-order valence-corrected chi connectivity index (χ3v) is 3.18. The van der Waals surface area contributed by atoms with Crippen molar-refractivity contribution in [3.05, 3.63) is 64.4 Å². The molecule has 0 saturated heterocycles. The van der Waals surface area contributed by atoms with Crippen LogP contribution in [0.1, 0.15) is 28.9 Å². The van der Waals surface area contributed by atoms with Gasteiger partial charge in [-0.1, -0.05) is 34.1 Å². The van der Waals surface area contributed by atoms with E-state index in [4.69, 9.17) is 0 Å². The predicted molar refractivity (Wildman–Crippen MR) is 71.1 cm³/mol. The minimum Gasteiger partial charge on any atom is -0.293 e. The Balaban J connectivity index is 2.23. The molecule has 0 bridgehead atoms. The average Bonchev–Trinajstić information content (AvgIpc) is 2.39. The fourth-order valence-corrected chi connectivity index (χ4v) is 1.89. The first kappa shape index (κ1) is 12.0. The zero-order chi connectivity index (χ0) is 12.3. The van der Waals surface area contributed by atoms with Crippen LogP contribution < -0.4 is 0 Å². The van der Waals surface area contributed by atoms with Crippen molar-refractivity contribution >= 4 is 21.7 Å². The van der Waals surface area contributed by atoms with Gasteiger partial charge in [-0.25, -0.2) is 0 Å². The van der Waals surface area contributed by atoms with Crippen molar-refractivity contribution in [3.63, 3.8) is 0 Å². The standard InChI is InChI=1S/C14H12BrNO/c1-10(13-4-2-3-9-16-13)14(17)11-5-7-12(15)8-6-11/h2-10H,1H3. The van der Waals surface area contributed by atoms with Crippen LogP contribution in [0.5, 0.6) is 0 Å². The predicted octanol–water partition coefficient (Wildman–Crippen LogP) is 3.83. The van der Waals surface area contributed by atoms with E-state index in [1.54, 1.807) is 6.20 Å². The van der Waals surface area contributed by atoms with Crippen molar-refractivity contribution in [2.24, 2.45) is 0 Å². The lowest BCUT2D eigenvalue weighted by Gasteiger charge is -2.09. The maximum Gasteiger partial charge on any atom is 0.171 e. The summed E-state index contributed by atoms with van der Waals surface area (Å²) < 4.78 is 0.972. The van der Waals surface area contributed by atoms with Crippen LogP contribution in [0.15, 0.2) is 53.1 Å². The number of halogens is 1. The molecule has 0 fully saturated rings. The molecule has 1 aromatic carbocycles. The summed E-state index contributed by atoms with van der Waals surface area (Å²) in [6.07, 6.45) is 1.71. The van der Waals surface area contributed by atoms with E-state index in [0.29, 0.717) is 5.56 Å². The van der Waals surface area contributed by atoms with Crippen molar-refractivity contribution < 1.29 is 4.79 Å². The molecule has 2 nitrogen and oxygen atoms in total. The SMILES string of the molecule is CC(C(=O)c1ccc(Br)cc1)c1ccccn1. The lowest BCUT2D eigenvalue weighted by atomic mass is 9.96. The molecule has 0 N–H and O–H groups in total. The van der Waals surface area contributed by atoms with E-state index in [1.165, 1.54) is 0 Å². The summed E-state index contributed by atoms with van der Waals surface area (Å²) in [5.41, 5.74) is 1.52. The smallest absolute Gasteiger partial charge is 0.171 e. The van der Waals surface area contributed by atoms with Gasteiger partial charge in [0.15, 0.2) is 5.78 Å². The summed E-state index contributed by atoms with van der Waals surface area (Å²) in [6.45, 7) is 1.88. The lowest BCUT2D eigenvalue weighted by Crippen LogP contribution is -2.10. The number of rotatable bonds is 3. The van der Waals surface area contributed by atoms with Crippen LogP contribution in [0.3, 0.4) is 0 Å². The Morgan fingerprint density at radius 2 is 1.88 bits per heavy atom. The summed E-state index contributed by atoms with van der Waals surface area (Å²) in [4.78, 5) is 16.4. The molecule has 1 heterocycles. The molecule has 1 atom stereocenters. The first-order valence-electron chi connectivity index (χ1n) is 5.39. The minimum absolute atomic E-state index is 0.0937. The molecule has 0 amide bonds. The number of carbonyl (C=O) groups is 1. The molecular weight excluding hydrogens is 278 g/mol. The average molecular weight is 290 g/mol. The number of benzene rings is 1. The number of carbonyl (C=O) groups excluding carboxylic acids is 1. The molecule has 0 aliphatic heterocycles. The van der Waals surface area contributed by atoms with Crippen molar-refractivity contribution in [3.8, 4) is 0 Å². The molecular formula is C14H12BrNO. The van der Waals surface area contributed by atoms with E-state index in [0.717, 1.165) is 10.2 Å². The Kier molecular flexibility index (Phi) is 3.69. The van der Waals surface area contributed by atoms with Crippen molar-refractivity contribution in [2.45, 2.75) is 12.8 Å². The zero-order valence-corrected chi connectivity index (χ0v) is 11.0. The number of nitrogens with zero attached hydrogens (tertiary/aromatic N) is 1. The molecule has 0 aliphatic rings. The molecule has 3 heteroatoms. The Labute approximate surface area is 109 Å². The van der Waals surface area contributed by atoms with Gasteiger partial charge in [0.05, 0.1) is 11.6 Å². The number of hydrogen-bond acceptors (Lipinski definition) is 2. The number of aromatic nitrogens is 1. The quantitative estimate of drug-likeness (QED) is 0.804. The Morgan fingerprint density at radius 1 is 1.18 bits per heavy atom. The van der Waals surface area contributed by atoms with Gasteiger partial charge in [0.2, 0.25) is 0 Å². The molecule has 86 valence electrons. The van der Waals surface area contributed by atoms with Crippen molar-refractivity contribution in [1.29, 1.82) is 0 Å². The summed E-state index contributed by atoms with van der Waals surface area (Å²) in [6, 6.07) is 13.0. The molecule has 0 radical (unpaired) electrons. The van der Waals surface area contributed by atoms with Crippen molar-refractivity contribution in [2.75, 3.05) is 0 Å². The van der Waals surface area contributed by atoms with Crippen LogP contribution in [0.4, 0.5) is 0 Å². The highest BCUT2D eigenvalue weighted by Crippen LogP contribution is 2.19. The van der Waals surface area contributed by atoms with E-state index in [2.05, 4.69) is 20.9 Å². The Bertz CT molecular complexity index is 508. The lowest BCUT2D eigenvalue weighted by molar-refractivity contribution is 0.0964. The molecule has 1 aromatic heterocycles. The van der Waals surface area contributed by atoms with Crippen LogP contribution in [-0.4, -0.2) is 10.8 Å². The fourth-order valence-electron chi connectivity index (χ4n) is 1.63. The van der Waals surface area contributed by atoms with Gasteiger partial charge < -0.3 is 0 Å². The Hall–Kier alpha value is -1.48. The second-order valence-corrected chi connectivity index (χ2v) is 4.76. The number of pyridine rings is 1. The second kappa shape index (κ2) is 5.23. The van der Waals surface area contributed by atoms with E-state index in [1.807, 2.05) is 49.4 Å². The Morgan fingerprint density at radius 3 is 2.47 bits per heavy atom. The third kappa shape index (κ3) is 2.80. The first-order chi connectivity index (χ1) is 8.18. The second-order valence-electron chi connectivity index (χ2n) is 3.85. The van der Waals surface area contributed by atoms with Gasteiger partial charge in [0.1, 0.15) is 0 Å². The van der Waals surface area contributed by atoms with Crippen LogP contribution in [-0.2, 0) is 0 Å². The maximum atomic E-state index is 12.2. The van der Waals surface area contributed by atoms with E-state index in [-0.39, 0.29) is 11.7 Å². The van der Waals surface area contributed by atoms with Gasteiger partial charge in [-0.15, -0.1) is 0 Å². The monoisotopic (exact) mass is 289 g/mol. The van der Waals surface area contributed by atoms with Crippen LogP contribution >= 0.6 is 15.9 Å². The molecule has 2 aromatic rings. The van der Waals surface area contributed by atoms with E-state index >= 15 is 0 Å². The highest BCUT2D eigenvalue weighted by Gasteiger charge is 2.17. The van der Waals surface area contributed by atoms with Gasteiger partial charge in [-0.05, 0) is 31.2 Å². The summed E-state index contributed by atoms with van der Waals surface area (Å²) in [7, 11) is 0. The highest BCUT2D eigenvalue weighted by atomic mass is 79.9. The normalized spacial score (nSPS) is 12.1. The molecule has 0 aliphatic carbocycles. The van der Waals surface area contributed by atoms with Gasteiger partial charge in [0.25, 0.3) is 0 Å². The third-order valence-electron chi connectivity index (χ3n) is 2.65. The van der Waals surface area contributed by atoms with Gasteiger partial charge in [0, 0.05) is 16.2 Å². The molecule has 2 rings (SSSR count). The van der Waals surface area contributed by atoms with Gasteiger partial charge in [-0.3, -0.25) is 9.78 Å². The number of Topliss-reactive ketones (excluding diaryl/α,β-unsaturated/α-hetero) is 1. The van der Waals surface area contributed by atoms with Crippen LogP contribution in [0.2, 0.25) is 0 Å².